The maximum atomic E-state index is 11.3. The van der Waals surface area contributed by atoms with E-state index in [4.69, 9.17) is 0 Å². The molecule has 0 saturated heterocycles. The van der Waals surface area contributed by atoms with Crippen LogP contribution in [-0.2, 0) is 4.79 Å². The van der Waals surface area contributed by atoms with Gasteiger partial charge in [-0.2, -0.15) is 0 Å². The van der Waals surface area contributed by atoms with Crippen molar-refractivity contribution < 1.29 is 9.59 Å². The van der Waals surface area contributed by atoms with Gasteiger partial charge in [-0.1, -0.05) is 0 Å². The molecular weight excluding hydrogens is 182 g/mol. The number of carbonyl (C=O) groups is 2. The van der Waals surface area contributed by atoms with Crippen LogP contribution in [0.15, 0.2) is 18.5 Å². The fraction of sp³-hybridized carbons (Fsp3) is 0.333. The van der Waals surface area contributed by atoms with Gasteiger partial charge < -0.3 is 5.32 Å². The molecule has 14 heavy (non-hydrogen) atoms. The van der Waals surface area contributed by atoms with Gasteiger partial charge in [0.05, 0.1) is 6.42 Å². The van der Waals surface area contributed by atoms with Gasteiger partial charge in [0.15, 0.2) is 5.82 Å². The maximum Gasteiger partial charge on any atom is 0.227 e. The number of carbonyl (C=O) groups excluding carboxylic acids is 2. The van der Waals surface area contributed by atoms with Crippen molar-refractivity contribution in [1.29, 1.82) is 0 Å². The Balaban J connectivity index is 2.55. The lowest BCUT2D eigenvalue weighted by Gasteiger charge is -1.99. The van der Waals surface area contributed by atoms with E-state index in [-0.39, 0.29) is 23.9 Å². The summed E-state index contributed by atoms with van der Waals surface area (Å²) in [5, 5.41) is 2.53. The van der Waals surface area contributed by atoms with Crippen LogP contribution in [0.25, 0.3) is 0 Å². The van der Waals surface area contributed by atoms with Gasteiger partial charge in [-0.15, -0.1) is 0 Å². The molecule has 0 spiro atoms. The molecule has 0 unspecified atom stereocenters. The Morgan fingerprint density at radius 1 is 1.36 bits per heavy atom. The molecule has 0 aliphatic rings. The Kier molecular flexibility index (Phi) is 3.72. The number of nitrogens with one attached hydrogen (secondary N) is 1. The molecule has 0 saturated carbocycles. The van der Waals surface area contributed by atoms with Crippen LogP contribution in [0.3, 0.4) is 0 Å². The molecule has 0 radical (unpaired) electrons. The fourth-order valence-electron chi connectivity index (χ4n) is 0.928. The van der Waals surface area contributed by atoms with Crippen LogP contribution in [0.2, 0.25) is 0 Å². The van der Waals surface area contributed by atoms with Crippen LogP contribution in [-0.4, -0.2) is 28.2 Å². The largest absolute Gasteiger partial charge is 0.356 e. The Labute approximate surface area is 81.6 Å². The average Bonchev–Trinajstić information content (AvgIpc) is 2.19. The standard InChI is InChI=1S/C9H11N3O2/c1-2-10-8(14)6-7(13)9-11-4-3-5-12-9/h3-5H,2,6H2,1H3,(H,10,14). The first kappa shape index (κ1) is 10.3. The van der Waals surface area contributed by atoms with Gasteiger partial charge >= 0.3 is 0 Å². The highest BCUT2D eigenvalue weighted by Gasteiger charge is 2.12. The Morgan fingerprint density at radius 3 is 2.57 bits per heavy atom. The lowest BCUT2D eigenvalue weighted by molar-refractivity contribution is -0.120. The quantitative estimate of drug-likeness (QED) is 0.547. The van der Waals surface area contributed by atoms with Gasteiger partial charge in [-0.05, 0) is 13.0 Å². The van der Waals surface area contributed by atoms with Crippen molar-refractivity contribution in [3.05, 3.63) is 24.3 Å². The maximum absolute atomic E-state index is 11.3. The smallest absolute Gasteiger partial charge is 0.227 e. The van der Waals surface area contributed by atoms with Crippen molar-refractivity contribution in [3.63, 3.8) is 0 Å². The molecule has 1 rings (SSSR count). The van der Waals surface area contributed by atoms with Crippen molar-refractivity contribution >= 4 is 11.7 Å². The number of hydrogen-bond donors (Lipinski definition) is 1. The van der Waals surface area contributed by atoms with E-state index in [0.717, 1.165) is 0 Å². The lowest BCUT2D eigenvalue weighted by Crippen LogP contribution is -2.25. The number of hydrogen-bond acceptors (Lipinski definition) is 4. The van der Waals surface area contributed by atoms with Crippen LogP contribution < -0.4 is 5.32 Å². The van der Waals surface area contributed by atoms with E-state index in [9.17, 15) is 9.59 Å². The molecule has 5 nitrogen and oxygen atoms in total. The molecule has 1 amide bonds. The summed E-state index contributed by atoms with van der Waals surface area (Å²) >= 11 is 0. The topological polar surface area (TPSA) is 72.0 Å². The fourth-order valence-corrected chi connectivity index (χ4v) is 0.928. The number of rotatable bonds is 4. The highest BCUT2D eigenvalue weighted by Crippen LogP contribution is 1.94. The first-order chi connectivity index (χ1) is 6.74. The predicted molar refractivity (Wildman–Crippen MR) is 49.7 cm³/mol. The van der Waals surface area contributed by atoms with Gasteiger partial charge in [0.25, 0.3) is 0 Å². The van der Waals surface area contributed by atoms with E-state index >= 15 is 0 Å². The van der Waals surface area contributed by atoms with Crippen molar-refractivity contribution in [2.45, 2.75) is 13.3 Å². The van der Waals surface area contributed by atoms with Gasteiger partial charge in [0.1, 0.15) is 0 Å². The Bertz CT molecular complexity index is 324. The average molecular weight is 193 g/mol. The molecule has 1 aromatic rings. The summed E-state index contributed by atoms with van der Waals surface area (Å²) in [6.45, 7) is 2.31. The minimum Gasteiger partial charge on any atom is -0.356 e. The predicted octanol–water partition coefficient (Wildman–Crippen LogP) is 0.185. The van der Waals surface area contributed by atoms with E-state index < -0.39 is 0 Å². The first-order valence-corrected chi connectivity index (χ1v) is 4.31. The molecule has 74 valence electrons. The van der Waals surface area contributed by atoms with Crippen molar-refractivity contribution in [2.24, 2.45) is 0 Å². The SMILES string of the molecule is CCNC(=O)CC(=O)c1ncccn1. The molecule has 5 heteroatoms. The van der Waals surface area contributed by atoms with Crippen molar-refractivity contribution in [2.75, 3.05) is 6.54 Å². The summed E-state index contributed by atoms with van der Waals surface area (Å²) in [5.41, 5.74) is 0. The zero-order valence-corrected chi connectivity index (χ0v) is 7.86. The minimum absolute atomic E-state index is 0.0822. The van der Waals surface area contributed by atoms with Crippen LogP contribution in [0.5, 0.6) is 0 Å². The van der Waals surface area contributed by atoms with Gasteiger partial charge in [-0.25, -0.2) is 9.97 Å². The third-order valence-electron chi connectivity index (χ3n) is 1.51. The third-order valence-corrected chi connectivity index (χ3v) is 1.51. The third kappa shape index (κ3) is 2.93. The Hall–Kier alpha value is -1.78. The summed E-state index contributed by atoms with van der Waals surface area (Å²) in [5.74, 6) is -0.583. The molecule has 0 atom stereocenters. The second-order valence-corrected chi connectivity index (χ2v) is 2.63. The van der Waals surface area contributed by atoms with E-state index in [1.165, 1.54) is 12.4 Å². The molecular formula is C9H11N3O2. The summed E-state index contributed by atoms with van der Waals surface area (Å²) in [6, 6.07) is 1.61. The normalized spacial score (nSPS) is 9.50. The summed E-state index contributed by atoms with van der Waals surface area (Å²) in [4.78, 5) is 29.9. The first-order valence-electron chi connectivity index (χ1n) is 4.31. The minimum atomic E-state index is -0.364. The van der Waals surface area contributed by atoms with Gasteiger partial charge in [0.2, 0.25) is 11.7 Å². The monoisotopic (exact) mass is 193 g/mol. The molecule has 0 aliphatic heterocycles. The number of amides is 1. The molecule has 1 N–H and O–H groups in total. The molecule has 0 bridgehead atoms. The summed E-state index contributed by atoms with van der Waals surface area (Å²) < 4.78 is 0. The Morgan fingerprint density at radius 2 is 2.00 bits per heavy atom. The highest BCUT2D eigenvalue weighted by atomic mass is 16.2. The van der Waals surface area contributed by atoms with Crippen molar-refractivity contribution in [1.82, 2.24) is 15.3 Å². The van der Waals surface area contributed by atoms with E-state index in [0.29, 0.717) is 6.54 Å². The molecule has 0 fully saturated rings. The van der Waals surface area contributed by atoms with Gasteiger partial charge in [0, 0.05) is 18.9 Å². The lowest BCUT2D eigenvalue weighted by atomic mass is 10.2. The van der Waals surface area contributed by atoms with Gasteiger partial charge in [-0.3, -0.25) is 9.59 Å². The van der Waals surface area contributed by atoms with Crippen LogP contribution in [0.1, 0.15) is 24.0 Å². The second-order valence-electron chi connectivity index (χ2n) is 2.63. The van der Waals surface area contributed by atoms with Crippen LogP contribution in [0, 0.1) is 0 Å². The van der Waals surface area contributed by atoms with Crippen LogP contribution in [0.4, 0.5) is 0 Å². The van der Waals surface area contributed by atoms with E-state index in [1.807, 2.05) is 0 Å². The zero-order chi connectivity index (χ0) is 10.4. The molecule has 1 aromatic heterocycles. The second kappa shape index (κ2) is 5.06. The number of aromatic nitrogens is 2. The van der Waals surface area contributed by atoms with Crippen molar-refractivity contribution in [3.8, 4) is 0 Å². The van der Waals surface area contributed by atoms with E-state index in [2.05, 4.69) is 15.3 Å². The highest BCUT2D eigenvalue weighted by molar-refractivity contribution is 6.05. The number of ketones is 1. The molecule has 0 aliphatic carbocycles. The summed E-state index contributed by atoms with van der Waals surface area (Å²) in [7, 11) is 0. The van der Waals surface area contributed by atoms with Crippen LogP contribution >= 0.6 is 0 Å². The number of nitrogens with zero attached hydrogens (tertiary/aromatic N) is 2. The molecule has 1 heterocycles. The molecule has 0 aromatic carbocycles. The van der Waals surface area contributed by atoms with E-state index in [1.54, 1.807) is 13.0 Å². The zero-order valence-electron chi connectivity index (χ0n) is 7.86. The summed E-state index contributed by atoms with van der Waals surface area (Å²) in [6.07, 6.45) is 2.74. The number of Topliss-reactive ketones (excluding diaryl/α,β-unsaturated/α-hetero) is 1.